The van der Waals surface area contributed by atoms with Crippen LogP contribution < -0.4 is 5.32 Å². The molecule has 27 heavy (non-hydrogen) atoms. The second-order valence-corrected chi connectivity index (χ2v) is 6.92. The van der Waals surface area contributed by atoms with Gasteiger partial charge in [-0.05, 0) is 44.0 Å². The zero-order valence-electron chi connectivity index (χ0n) is 15.4. The highest BCUT2D eigenvalue weighted by Gasteiger charge is 2.15. The normalized spacial score (nSPS) is 11.4. The van der Waals surface area contributed by atoms with Gasteiger partial charge in [0.05, 0.1) is 12.0 Å². The molecular weight excluding hydrogens is 362 g/mol. The lowest BCUT2D eigenvalue weighted by Gasteiger charge is -2.13. The second kappa shape index (κ2) is 7.00. The molecule has 1 aromatic carbocycles. The molecule has 8 heteroatoms. The van der Waals surface area contributed by atoms with Gasteiger partial charge >= 0.3 is 0 Å². The van der Waals surface area contributed by atoms with Crippen LogP contribution in [0.25, 0.3) is 16.9 Å². The summed E-state index contributed by atoms with van der Waals surface area (Å²) in [5.74, 6) is 1.56. The van der Waals surface area contributed by atoms with E-state index in [0.717, 1.165) is 22.7 Å². The predicted octanol–water partition coefficient (Wildman–Crippen LogP) is 4.17. The standard InChI is InChI=1S/C19H20ClN7/c1-12(2)27-11-23-16-17(24-19(20)25-18(16)27)22-10-14-6-4-5-7-15(14)26-9-8-21-13(26)3/h4-9,11-12H,10H2,1-3H3,(H,22,24,25). The minimum atomic E-state index is 0.200. The molecular formula is C19H20ClN7. The van der Waals surface area contributed by atoms with E-state index in [1.807, 2.05) is 29.8 Å². The summed E-state index contributed by atoms with van der Waals surface area (Å²) >= 11 is 6.16. The van der Waals surface area contributed by atoms with Crippen molar-refractivity contribution < 1.29 is 0 Å². The van der Waals surface area contributed by atoms with E-state index in [2.05, 4.69) is 55.8 Å². The number of nitrogens with one attached hydrogen (secondary N) is 1. The third-order valence-electron chi connectivity index (χ3n) is 4.47. The summed E-state index contributed by atoms with van der Waals surface area (Å²) in [5.41, 5.74) is 3.63. The number of hydrogen-bond acceptors (Lipinski definition) is 5. The number of hydrogen-bond donors (Lipinski definition) is 1. The summed E-state index contributed by atoms with van der Waals surface area (Å²) in [4.78, 5) is 17.5. The van der Waals surface area contributed by atoms with Crippen molar-refractivity contribution in [2.45, 2.75) is 33.4 Å². The van der Waals surface area contributed by atoms with E-state index in [9.17, 15) is 0 Å². The van der Waals surface area contributed by atoms with Gasteiger partial charge in [-0.3, -0.25) is 0 Å². The lowest BCUT2D eigenvalue weighted by atomic mass is 10.1. The van der Waals surface area contributed by atoms with Gasteiger partial charge in [0.25, 0.3) is 0 Å². The molecule has 1 N–H and O–H groups in total. The number of rotatable bonds is 5. The van der Waals surface area contributed by atoms with Gasteiger partial charge in [-0.1, -0.05) is 18.2 Å². The smallest absolute Gasteiger partial charge is 0.226 e. The van der Waals surface area contributed by atoms with Crippen LogP contribution in [0.3, 0.4) is 0 Å². The molecule has 7 nitrogen and oxygen atoms in total. The summed E-state index contributed by atoms with van der Waals surface area (Å²) in [6, 6.07) is 8.42. The molecule has 0 spiro atoms. The lowest BCUT2D eigenvalue weighted by molar-refractivity contribution is 0.612. The molecule has 0 saturated heterocycles. The topological polar surface area (TPSA) is 73.5 Å². The lowest BCUT2D eigenvalue weighted by Crippen LogP contribution is -2.08. The molecule has 0 aliphatic heterocycles. The molecule has 0 fully saturated rings. The number of imidazole rings is 2. The monoisotopic (exact) mass is 381 g/mol. The van der Waals surface area contributed by atoms with Crippen LogP contribution in [0.1, 0.15) is 31.3 Å². The summed E-state index contributed by atoms with van der Waals surface area (Å²) in [7, 11) is 0. The van der Waals surface area contributed by atoms with Gasteiger partial charge in [-0.15, -0.1) is 0 Å². The molecule has 0 bridgehead atoms. The van der Waals surface area contributed by atoms with Gasteiger partial charge in [0.15, 0.2) is 17.0 Å². The van der Waals surface area contributed by atoms with E-state index in [1.54, 1.807) is 12.5 Å². The Morgan fingerprint density at radius 1 is 1.15 bits per heavy atom. The number of aromatic nitrogens is 6. The average molecular weight is 382 g/mol. The van der Waals surface area contributed by atoms with E-state index in [1.165, 1.54) is 0 Å². The van der Waals surface area contributed by atoms with Crippen LogP contribution in [-0.4, -0.2) is 29.1 Å². The Balaban J connectivity index is 1.68. The van der Waals surface area contributed by atoms with Crippen molar-refractivity contribution >= 4 is 28.6 Å². The maximum Gasteiger partial charge on any atom is 0.226 e. The predicted molar refractivity (Wildman–Crippen MR) is 106 cm³/mol. The first-order valence-electron chi connectivity index (χ1n) is 8.76. The Bertz CT molecular complexity index is 1100. The molecule has 138 valence electrons. The number of halogens is 1. The molecule has 0 unspecified atom stereocenters. The minimum Gasteiger partial charge on any atom is -0.364 e. The average Bonchev–Trinajstić information content (AvgIpc) is 3.26. The SMILES string of the molecule is Cc1nccn1-c1ccccc1CNc1nc(Cl)nc2c1ncn2C(C)C. The number of aryl methyl sites for hydroxylation is 1. The first kappa shape index (κ1) is 17.5. The fourth-order valence-corrected chi connectivity index (χ4v) is 3.26. The molecule has 3 heterocycles. The molecule has 4 aromatic rings. The van der Waals surface area contributed by atoms with E-state index in [4.69, 9.17) is 11.6 Å². The third kappa shape index (κ3) is 3.26. The maximum atomic E-state index is 6.16. The summed E-state index contributed by atoms with van der Waals surface area (Å²) in [5, 5.41) is 3.57. The summed E-state index contributed by atoms with van der Waals surface area (Å²) in [6.45, 7) is 6.71. The zero-order valence-corrected chi connectivity index (χ0v) is 16.1. The van der Waals surface area contributed by atoms with Crippen molar-refractivity contribution in [3.63, 3.8) is 0 Å². The van der Waals surface area contributed by atoms with Crippen molar-refractivity contribution in [2.24, 2.45) is 0 Å². The Labute approximate surface area is 162 Å². The van der Waals surface area contributed by atoms with Gasteiger partial charge in [0, 0.05) is 25.0 Å². The third-order valence-corrected chi connectivity index (χ3v) is 4.64. The Kier molecular flexibility index (Phi) is 4.53. The van der Waals surface area contributed by atoms with E-state index >= 15 is 0 Å². The van der Waals surface area contributed by atoms with Crippen LogP contribution in [0, 0.1) is 6.92 Å². The van der Waals surface area contributed by atoms with E-state index < -0.39 is 0 Å². The molecule has 0 aliphatic rings. The van der Waals surface area contributed by atoms with Crippen LogP contribution in [0.15, 0.2) is 43.0 Å². The van der Waals surface area contributed by atoms with Crippen LogP contribution in [0.2, 0.25) is 5.28 Å². The van der Waals surface area contributed by atoms with Crippen molar-refractivity contribution in [3.8, 4) is 5.69 Å². The number of fused-ring (bicyclic) bond motifs is 1. The van der Waals surface area contributed by atoms with Gasteiger partial charge < -0.3 is 14.5 Å². The van der Waals surface area contributed by atoms with Crippen LogP contribution in [0.5, 0.6) is 0 Å². The highest BCUT2D eigenvalue weighted by atomic mass is 35.5. The van der Waals surface area contributed by atoms with Gasteiger partial charge in [-0.2, -0.15) is 9.97 Å². The number of nitrogens with zero attached hydrogens (tertiary/aromatic N) is 6. The fraction of sp³-hybridized carbons (Fsp3) is 0.263. The molecule has 4 rings (SSSR count). The molecule has 0 aliphatic carbocycles. The van der Waals surface area contributed by atoms with Crippen molar-refractivity contribution in [3.05, 3.63) is 59.7 Å². The first-order chi connectivity index (χ1) is 13.0. The Hall–Kier alpha value is -2.93. The molecule has 0 amide bonds. The Morgan fingerprint density at radius 2 is 1.96 bits per heavy atom. The van der Waals surface area contributed by atoms with Crippen molar-refractivity contribution in [1.82, 2.24) is 29.1 Å². The Morgan fingerprint density at radius 3 is 2.70 bits per heavy atom. The quantitative estimate of drug-likeness (QED) is 0.525. The summed E-state index contributed by atoms with van der Waals surface area (Å²) < 4.78 is 4.05. The first-order valence-corrected chi connectivity index (χ1v) is 9.14. The van der Waals surface area contributed by atoms with Crippen LogP contribution in [0.4, 0.5) is 5.82 Å². The molecule has 0 radical (unpaired) electrons. The largest absolute Gasteiger partial charge is 0.364 e. The number of benzene rings is 1. The molecule has 3 aromatic heterocycles. The van der Waals surface area contributed by atoms with E-state index in [0.29, 0.717) is 17.9 Å². The van der Waals surface area contributed by atoms with Crippen molar-refractivity contribution in [2.75, 3.05) is 5.32 Å². The van der Waals surface area contributed by atoms with Crippen molar-refractivity contribution in [1.29, 1.82) is 0 Å². The van der Waals surface area contributed by atoms with E-state index in [-0.39, 0.29) is 11.3 Å². The highest BCUT2D eigenvalue weighted by molar-refractivity contribution is 6.28. The van der Waals surface area contributed by atoms with Gasteiger partial charge in [-0.25, -0.2) is 9.97 Å². The van der Waals surface area contributed by atoms with Gasteiger partial charge in [0.2, 0.25) is 5.28 Å². The summed E-state index contributed by atoms with van der Waals surface area (Å²) in [6.07, 6.45) is 5.53. The zero-order chi connectivity index (χ0) is 19.0. The van der Waals surface area contributed by atoms with Crippen LogP contribution >= 0.6 is 11.6 Å². The molecule has 0 saturated carbocycles. The van der Waals surface area contributed by atoms with Gasteiger partial charge in [0.1, 0.15) is 5.82 Å². The second-order valence-electron chi connectivity index (χ2n) is 6.59. The molecule has 0 atom stereocenters. The highest BCUT2D eigenvalue weighted by Crippen LogP contribution is 2.24. The minimum absolute atomic E-state index is 0.200. The maximum absolute atomic E-state index is 6.16. The fourth-order valence-electron chi connectivity index (χ4n) is 3.10. The van der Waals surface area contributed by atoms with Crippen LogP contribution in [-0.2, 0) is 6.54 Å². The number of para-hydroxylation sites is 1. The number of anilines is 1.